The van der Waals surface area contributed by atoms with Gasteiger partial charge in [0, 0.05) is 29.9 Å². The fourth-order valence-electron chi connectivity index (χ4n) is 5.27. The van der Waals surface area contributed by atoms with Gasteiger partial charge in [-0.25, -0.2) is 4.79 Å². The Morgan fingerprint density at radius 3 is 2.31 bits per heavy atom. The highest BCUT2D eigenvalue weighted by atomic mass is 16.4. The average molecular weight is 577 g/mol. The Labute approximate surface area is 245 Å². The van der Waals surface area contributed by atoms with Crippen molar-refractivity contribution in [3.05, 3.63) is 71.9 Å². The van der Waals surface area contributed by atoms with E-state index in [9.17, 15) is 24.3 Å². The molecule has 0 spiro atoms. The van der Waals surface area contributed by atoms with E-state index in [0.29, 0.717) is 25.8 Å². The molecule has 11 nitrogen and oxygen atoms in total. The number of para-hydroxylation sites is 1. The minimum absolute atomic E-state index is 0.0962. The smallest absolute Gasteiger partial charge is 0.326 e. The van der Waals surface area contributed by atoms with Crippen molar-refractivity contribution in [2.45, 2.75) is 69.1 Å². The number of hydrogen-bond donors (Lipinski definition) is 7. The fourth-order valence-corrected chi connectivity index (χ4v) is 5.27. The number of aliphatic carboxylic acids is 1. The number of nitrogens with two attached hydrogens (primary N) is 1. The number of aromatic nitrogens is 1. The number of aromatic amines is 1. The van der Waals surface area contributed by atoms with Crippen LogP contribution in [0.2, 0.25) is 0 Å². The molecule has 2 aromatic carbocycles. The number of carbonyl (C=O) groups is 4. The molecule has 0 aliphatic carbocycles. The van der Waals surface area contributed by atoms with Crippen LogP contribution in [-0.2, 0) is 32.0 Å². The van der Waals surface area contributed by atoms with Crippen molar-refractivity contribution in [1.29, 1.82) is 0 Å². The molecular formula is C31H40N6O5. The molecule has 0 radical (unpaired) electrons. The van der Waals surface area contributed by atoms with Crippen LogP contribution in [0.3, 0.4) is 0 Å². The molecule has 11 heteroatoms. The topological polar surface area (TPSA) is 178 Å². The van der Waals surface area contributed by atoms with Gasteiger partial charge < -0.3 is 37.1 Å². The van der Waals surface area contributed by atoms with E-state index in [1.165, 1.54) is 0 Å². The number of carboxylic acid groups (broad SMARTS) is 1. The maximum atomic E-state index is 13.7. The van der Waals surface area contributed by atoms with Crippen molar-refractivity contribution in [3.63, 3.8) is 0 Å². The standard InChI is InChI=1S/C31H40N6O5/c32-15-7-6-13-25(29(39)37-27(31(41)42)17-20-9-2-1-3-10-20)35-30(40)26(36-28(38)24-14-8-16-33-24)18-21-19-34-23-12-5-4-11-22(21)23/h1-5,9-12,19,24-27,33-34H,6-8,13-18,32H2,(H,35,40)(H,36,38)(H,37,39)(H,41,42). The van der Waals surface area contributed by atoms with E-state index in [-0.39, 0.29) is 31.2 Å². The lowest BCUT2D eigenvalue weighted by Gasteiger charge is -2.25. The summed E-state index contributed by atoms with van der Waals surface area (Å²) in [5.41, 5.74) is 8.18. The van der Waals surface area contributed by atoms with Crippen LogP contribution >= 0.6 is 0 Å². The first-order chi connectivity index (χ1) is 20.4. The van der Waals surface area contributed by atoms with Crippen LogP contribution in [-0.4, -0.2) is 71.0 Å². The van der Waals surface area contributed by atoms with E-state index >= 15 is 0 Å². The first-order valence-electron chi connectivity index (χ1n) is 14.5. The molecule has 1 aliphatic rings. The van der Waals surface area contributed by atoms with E-state index in [1.54, 1.807) is 24.3 Å². The van der Waals surface area contributed by atoms with Gasteiger partial charge in [0.1, 0.15) is 18.1 Å². The van der Waals surface area contributed by atoms with Gasteiger partial charge in [-0.1, -0.05) is 48.5 Å². The molecular weight excluding hydrogens is 536 g/mol. The zero-order valence-electron chi connectivity index (χ0n) is 23.6. The Kier molecular flexibility index (Phi) is 11.1. The molecule has 4 rings (SSSR count). The number of nitrogens with one attached hydrogen (secondary N) is 5. The predicted octanol–water partition coefficient (Wildman–Crippen LogP) is 1.37. The number of fused-ring (bicyclic) bond motifs is 1. The zero-order valence-corrected chi connectivity index (χ0v) is 23.6. The SMILES string of the molecule is NCCCCC(NC(=O)C(Cc1c[nH]c2ccccc12)NC(=O)C1CCCN1)C(=O)NC(Cc1ccccc1)C(=O)O. The minimum atomic E-state index is -1.18. The normalized spacial score (nSPS) is 16.8. The van der Waals surface area contributed by atoms with Gasteiger partial charge >= 0.3 is 5.97 Å². The summed E-state index contributed by atoms with van der Waals surface area (Å²) in [5.74, 6) is -2.56. The average Bonchev–Trinajstić information content (AvgIpc) is 3.67. The van der Waals surface area contributed by atoms with Crippen molar-refractivity contribution in [2.75, 3.05) is 13.1 Å². The summed E-state index contributed by atoms with van der Waals surface area (Å²) >= 11 is 0. The number of amides is 3. The quantitative estimate of drug-likeness (QED) is 0.134. The maximum absolute atomic E-state index is 13.7. The van der Waals surface area contributed by atoms with E-state index in [1.807, 2.05) is 36.5 Å². The molecule has 1 saturated heterocycles. The summed E-state index contributed by atoms with van der Waals surface area (Å²) in [6.45, 7) is 1.15. The van der Waals surface area contributed by atoms with Crippen LogP contribution in [0.1, 0.15) is 43.2 Å². The van der Waals surface area contributed by atoms with Crippen LogP contribution < -0.4 is 27.0 Å². The summed E-state index contributed by atoms with van der Waals surface area (Å²) in [6.07, 6.45) is 5.12. The second-order valence-corrected chi connectivity index (χ2v) is 10.7. The first kappa shape index (κ1) is 30.7. The molecule has 1 fully saturated rings. The molecule has 0 bridgehead atoms. The predicted molar refractivity (Wildman–Crippen MR) is 160 cm³/mol. The van der Waals surface area contributed by atoms with E-state index in [4.69, 9.17) is 5.73 Å². The highest BCUT2D eigenvalue weighted by Crippen LogP contribution is 2.20. The number of H-pyrrole nitrogens is 1. The molecule has 2 heterocycles. The summed E-state index contributed by atoms with van der Waals surface area (Å²) in [6, 6.07) is 13.2. The summed E-state index contributed by atoms with van der Waals surface area (Å²) < 4.78 is 0. The lowest BCUT2D eigenvalue weighted by atomic mass is 10.0. The van der Waals surface area contributed by atoms with Crippen molar-refractivity contribution in [2.24, 2.45) is 5.73 Å². The molecule has 1 aliphatic heterocycles. The van der Waals surface area contributed by atoms with Gasteiger partial charge in [0.25, 0.3) is 0 Å². The fraction of sp³-hybridized carbons (Fsp3) is 0.419. The number of benzene rings is 2. The summed E-state index contributed by atoms with van der Waals surface area (Å²) in [4.78, 5) is 55.4. The maximum Gasteiger partial charge on any atom is 0.326 e. The van der Waals surface area contributed by atoms with Crippen LogP contribution in [0.5, 0.6) is 0 Å². The van der Waals surface area contributed by atoms with E-state index < -0.39 is 35.9 Å². The molecule has 4 atom stereocenters. The number of rotatable bonds is 15. The molecule has 3 amide bonds. The Balaban J connectivity index is 1.52. The molecule has 224 valence electrons. The highest BCUT2D eigenvalue weighted by molar-refractivity contribution is 5.95. The Hall–Kier alpha value is -4.22. The zero-order chi connectivity index (χ0) is 29.9. The van der Waals surface area contributed by atoms with Gasteiger partial charge in [-0.2, -0.15) is 0 Å². The van der Waals surface area contributed by atoms with Crippen molar-refractivity contribution in [3.8, 4) is 0 Å². The Bertz CT molecular complexity index is 1350. The lowest BCUT2D eigenvalue weighted by Crippen LogP contribution is -2.57. The van der Waals surface area contributed by atoms with Crippen LogP contribution in [0.25, 0.3) is 10.9 Å². The number of unbranched alkanes of at least 4 members (excludes halogenated alkanes) is 1. The lowest BCUT2D eigenvalue weighted by molar-refractivity contribution is -0.142. The van der Waals surface area contributed by atoms with Crippen molar-refractivity contribution >= 4 is 34.6 Å². The van der Waals surface area contributed by atoms with Crippen molar-refractivity contribution in [1.82, 2.24) is 26.3 Å². The molecule has 0 saturated carbocycles. The first-order valence-corrected chi connectivity index (χ1v) is 14.5. The third-order valence-electron chi connectivity index (χ3n) is 7.59. The molecule has 8 N–H and O–H groups in total. The second kappa shape index (κ2) is 15.1. The van der Waals surface area contributed by atoms with Crippen molar-refractivity contribution < 1.29 is 24.3 Å². The van der Waals surface area contributed by atoms with Gasteiger partial charge in [-0.3, -0.25) is 14.4 Å². The van der Waals surface area contributed by atoms with Gasteiger partial charge in [-0.15, -0.1) is 0 Å². The Morgan fingerprint density at radius 2 is 1.60 bits per heavy atom. The van der Waals surface area contributed by atoms with E-state index in [0.717, 1.165) is 35.0 Å². The van der Waals surface area contributed by atoms with Crippen LogP contribution in [0.15, 0.2) is 60.8 Å². The molecule has 4 unspecified atom stereocenters. The third-order valence-corrected chi connectivity index (χ3v) is 7.59. The minimum Gasteiger partial charge on any atom is -0.480 e. The van der Waals surface area contributed by atoms with Crippen LogP contribution in [0, 0.1) is 0 Å². The van der Waals surface area contributed by atoms with Gasteiger partial charge in [-0.05, 0) is 62.4 Å². The number of carbonyl (C=O) groups excluding carboxylic acids is 3. The van der Waals surface area contributed by atoms with Gasteiger partial charge in [0.2, 0.25) is 17.7 Å². The largest absolute Gasteiger partial charge is 0.480 e. The second-order valence-electron chi connectivity index (χ2n) is 10.7. The van der Waals surface area contributed by atoms with Gasteiger partial charge in [0.05, 0.1) is 6.04 Å². The van der Waals surface area contributed by atoms with E-state index in [2.05, 4.69) is 26.3 Å². The summed E-state index contributed by atoms with van der Waals surface area (Å²) in [5, 5.41) is 22.2. The third kappa shape index (κ3) is 8.40. The number of carboxylic acids is 1. The molecule has 1 aromatic heterocycles. The molecule has 42 heavy (non-hydrogen) atoms. The van der Waals surface area contributed by atoms with Gasteiger partial charge in [0.15, 0.2) is 0 Å². The summed E-state index contributed by atoms with van der Waals surface area (Å²) in [7, 11) is 0. The van der Waals surface area contributed by atoms with Crippen LogP contribution in [0.4, 0.5) is 0 Å². The number of hydrogen-bond acceptors (Lipinski definition) is 6. The monoisotopic (exact) mass is 576 g/mol. The Morgan fingerprint density at radius 1 is 0.881 bits per heavy atom. The highest BCUT2D eigenvalue weighted by Gasteiger charge is 2.32. The molecule has 3 aromatic rings.